The van der Waals surface area contributed by atoms with Crippen LogP contribution in [0.5, 0.6) is 5.75 Å². The fraction of sp³-hybridized carbons (Fsp3) is 0.400. The molecule has 0 aliphatic heterocycles. The summed E-state index contributed by atoms with van der Waals surface area (Å²) < 4.78 is 5.26. The summed E-state index contributed by atoms with van der Waals surface area (Å²) in [5.74, 6) is -1.79. The molecular weight excluding hydrogens is 286 g/mol. The predicted molar refractivity (Wildman–Crippen MR) is 80.9 cm³/mol. The average molecular weight is 307 g/mol. The third kappa shape index (κ3) is 6.74. The van der Waals surface area contributed by atoms with E-state index >= 15 is 0 Å². The van der Waals surface area contributed by atoms with Crippen molar-refractivity contribution in [3.63, 3.8) is 0 Å². The second kappa shape index (κ2) is 7.44. The van der Waals surface area contributed by atoms with Crippen molar-refractivity contribution in [2.24, 2.45) is 0 Å². The van der Waals surface area contributed by atoms with Gasteiger partial charge in [-0.25, -0.2) is 0 Å². The molecule has 0 aromatic heterocycles. The number of carbonyl (C=O) groups is 3. The molecule has 0 atom stereocenters. The lowest BCUT2D eigenvalue weighted by atomic mass is 10.1. The quantitative estimate of drug-likeness (QED) is 0.557. The molecule has 3 amide bonds. The number of benzene rings is 1. The Bertz CT molecular complexity index is 564. The van der Waals surface area contributed by atoms with E-state index < -0.39 is 23.3 Å². The number of carbonyl (C=O) groups excluding carboxylic acids is 3. The molecule has 0 fully saturated rings. The average Bonchev–Trinajstić information content (AvgIpc) is 2.40. The Hall–Kier alpha value is -2.57. The van der Waals surface area contributed by atoms with Gasteiger partial charge < -0.3 is 10.1 Å². The first-order valence-corrected chi connectivity index (χ1v) is 6.78. The Balaban J connectivity index is 2.34. The van der Waals surface area contributed by atoms with Gasteiger partial charge in [-0.2, -0.15) is 0 Å². The first-order valence-electron chi connectivity index (χ1n) is 6.78. The van der Waals surface area contributed by atoms with Crippen LogP contribution in [0, 0.1) is 6.92 Å². The van der Waals surface area contributed by atoms with Crippen molar-refractivity contribution in [2.45, 2.75) is 33.2 Å². The van der Waals surface area contributed by atoms with Gasteiger partial charge in [-0.05, 0) is 45.4 Å². The van der Waals surface area contributed by atoms with Crippen LogP contribution >= 0.6 is 0 Å². The number of hydrogen-bond acceptors (Lipinski definition) is 4. The highest BCUT2D eigenvalue weighted by Crippen LogP contribution is 2.11. The summed E-state index contributed by atoms with van der Waals surface area (Å²) >= 11 is 0. The van der Waals surface area contributed by atoms with Crippen molar-refractivity contribution in [1.29, 1.82) is 0 Å². The number of amides is 3. The van der Waals surface area contributed by atoms with Gasteiger partial charge in [0.1, 0.15) is 5.75 Å². The van der Waals surface area contributed by atoms with Crippen LogP contribution in [0.2, 0.25) is 0 Å². The van der Waals surface area contributed by atoms with Crippen LogP contribution < -0.4 is 20.9 Å². The molecule has 0 spiro atoms. The van der Waals surface area contributed by atoms with Crippen LogP contribution in [0.1, 0.15) is 26.3 Å². The third-order valence-electron chi connectivity index (χ3n) is 2.37. The van der Waals surface area contributed by atoms with E-state index in [4.69, 9.17) is 4.74 Å². The van der Waals surface area contributed by atoms with E-state index in [2.05, 4.69) is 10.7 Å². The van der Waals surface area contributed by atoms with Crippen molar-refractivity contribution >= 4 is 17.7 Å². The Labute approximate surface area is 129 Å². The van der Waals surface area contributed by atoms with Gasteiger partial charge in [-0.3, -0.25) is 25.2 Å². The summed E-state index contributed by atoms with van der Waals surface area (Å²) in [5, 5.41) is 2.47. The van der Waals surface area contributed by atoms with Crippen molar-refractivity contribution in [3.05, 3.63) is 29.8 Å². The van der Waals surface area contributed by atoms with E-state index in [1.54, 1.807) is 39.0 Å². The Kier molecular flexibility index (Phi) is 5.91. The fourth-order valence-corrected chi connectivity index (χ4v) is 1.47. The molecule has 0 bridgehead atoms. The van der Waals surface area contributed by atoms with Crippen LogP contribution in [0.25, 0.3) is 0 Å². The molecule has 0 unspecified atom stereocenters. The Morgan fingerprint density at radius 1 is 1.09 bits per heavy atom. The first-order chi connectivity index (χ1) is 10.2. The minimum absolute atomic E-state index is 0.273. The number of aryl methyl sites for hydroxylation is 1. The maximum absolute atomic E-state index is 11.5. The van der Waals surface area contributed by atoms with E-state index in [9.17, 15) is 14.4 Å². The molecular formula is C15H21N3O4. The summed E-state index contributed by atoms with van der Waals surface area (Å²) in [5.41, 5.74) is 4.60. The topological polar surface area (TPSA) is 96.5 Å². The third-order valence-corrected chi connectivity index (χ3v) is 2.37. The Morgan fingerprint density at radius 3 is 2.36 bits per heavy atom. The highest BCUT2D eigenvalue weighted by molar-refractivity contribution is 6.35. The molecule has 0 saturated heterocycles. The lowest BCUT2D eigenvalue weighted by Gasteiger charge is -2.19. The van der Waals surface area contributed by atoms with Gasteiger partial charge in [0.25, 0.3) is 5.91 Å². The number of nitrogens with one attached hydrogen (secondary N) is 3. The number of rotatable bonds is 3. The highest BCUT2D eigenvalue weighted by Gasteiger charge is 2.20. The molecule has 0 aliphatic rings. The van der Waals surface area contributed by atoms with Crippen LogP contribution in [-0.4, -0.2) is 29.9 Å². The molecule has 1 aromatic rings. The number of hydrazine groups is 1. The maximum Gasteiger partial charge on any atom is 0.327 e. The SMILES string of the molecule is Cc1cccc(OCC(=O)NNC(=O)C(=O)NC(C)(C)C)c1. The lowest BCUT2D eigenvalue weighted by Crippen LogP contribution is -2.53. The van der Waals surface area contributed by atoms with Gasteiger partial charge in [0.15, 0.2) is 6.61 Å². The summed E-state index contributed by atoms with van der Waals surface area (Å²) in [6, 6.07) is 7.21. The second-order valence-corrected chi connectivity index (χ2v) is 5.81. The molecule has 1 rings (SSSR count). The molecule has 22 heavy (non-hydrogen) atoms. The van der Waals surface area contributed by atoms with E-state index in [0.717, 1.165) is 5.56 Å². The smallest absolute Gasteiger partial charge is 0.327 e. The van der Waals surface area contributed by atoms with Crippen molar-refractivity contribution < 1.29 is 19.1 Å². The molecule has 0 radical (unpaired) electrons. The molecule has 1 aromatic carbocycles. The van der Waals surface area contributed by atoms with E-state index in [1.807, 2.05) is 18.4 Å². The number of hydrogen-bond donors (Lipinski definition) is 3. The van der Waals surface area contributed by atoms with Gasteiger partial charge in [-0.15, -0.1) is 0 Å². The van der Waals surface area contributed by atoms with Crippen molar-refractivity contribution in [1.82, 2.24) is 16.2 Å². The normalized spacial score (nSPS) is 10.5. The zero-order valence-electron chi connectivity index (χ0n) is 13.1. The zero-order valence-corrected chi connectivity index (χ0v) is 13.1. The van der Waals surface area contributed by atoms with Crippen LogP contribution in [0.3, 0.4) is 0 Å². The zero-order chi connectivity index (χ0) is 16.8. The minimum atomic E-state index is -0.946. The van der Waals surface area contributed by atoms with Crippen LogP contribution in [-0.2, 0) is 14.4 Å². The minimum Gasteiger partial charge on any atom is -0.484 e. The molecule has 3 N–H and O–H groups in total. The summed E-state index contributed by atoms with van der Waals surface area (Å²) in [4.78, 5) is 34.5. The van der Waals surface area contributed by atoms with Gasteiger partial charge in [0, 0.05) is 5.54 Å². The lowest BCUT2D eigenvalue weighted by molar-refractivity contribution is -0.141. The van der Waals surface area contributed by atoms with Gasteiger partial charge >= 0.3 is 11.8 Å². The van der Waals surface area contributed by atoms with Crippen LogP contribution in [0.4, 0.5) is 0 Å². The highest BCUT2D eigenvalue weighted by atomic mass is 16.5. The largest absolute Gasteiger partial charge is 0.484 e. The van der Waals surface area contributed by atoms with Crippen LogP contribution in [0.15, 0.2) is 24.3 Å². The van der Waals surface area contributed by atoms with Gasteiger partial charge in [-0.1, -0.05) is 12.1 Å². The molecule has 7 heteroatoms. The molecule has 0 aliphatic carbocycles. The molecule has 120 valence electrons. The fourth-order valence-electron chi connectivity index (χ4n) is 1.47. The van der Waals surface area contributed by atoms with Crippen molar-refractivity contribution in [3.8, 4) is 5.75 Å². The predicted octanol–water partition coefficient (Wildman–Crippen LogP) is 0.436. The standard InChI is InChI=1S/C15H21N3O4/c1-10-6-5-7-11(8-10)22-9-12(19)17-18-14(21)13(20)16-15(2,3)4/h5-8H,9H2,1-4H3,(H,16,20)(H,17,19)(H,18,21). The summed E-state index contributed by atoms with van der Waals surface area (Å²) in [7, 11) is 0. The number of ether oxygens (including phenoxy) is 1. The van der Waals surface area contributed by atoms with Crippen molar-refractivity contribution in [2.75, 3.05) is 6.61 Å². The first kappa shape index (κ1) is 17.5. The van der Waals surface area contributed by atoms with E-state index in [1.165, 1.54) is 0 Å². The monoisotopic (exact) mass is 307 g/mol. The molecule has 0 saturated carbocycles. The van der Waals surface area contributed by atoms with Gasteiger partial charge in [0.05, 0.1) is 0 Å². The Morgan fingerprint density at radius 2 is 1.77 bits per heavy atom. The maximum atomic E-state index is 11.5. The van der Waals surface area contributed by atoms with E-state index in [0.29, 0.717) is 5.75 Å². The molecule has 7 nitrogen and oxygen atoms in total. The second-order valence-electron chi connectivity index (χ2n) is 5.81. The van der Waals surface area contributed by atoms with Gasteiger partial charge in [0.2, 0.25) is 0 Å². The summed E-state index contributed by atoms with van der Waals surface area (Å²) in [6.07, 6.45) is 0. The van der Waals surface area contributed by atoms with E-state index in [-0.39, 0.29) is 6.61 Å². The summed E-state index contributed by atoms with van der Waals surface area (Å²) in [6.45, 7) is 6.86. The molecule has 0 heterocycles.